The molecule has 90 valence electrons. The highest BCUT2D eigenvalue weighted by Gasteiger charge is 2.20. The molecule has 1 aliphatic heterocycles. The molecule has 0 amide bonds. The first-order valence-corrected chi connectivity index (χ1v) is 6.01. The lowest BCUT2D eigenvalue weighted by Crippen LogP contribution is -2.49. The lowest BCUT2D eigenvalue weighted by Gasteiger charge is -2.33. The van der Waals surface area contributed by atoms with Crippen molar-refractivity contribution in [2.75, 3.05) is 19.6 Å². The summed E-state index contributed by atoms with van der Waals surface area (Å²) in [5, 5.41) is 7.67. The smallest absolute Gasteiger partial charge is 0.141 e. The third-order valence-electron chi connectivity index (χ3n) is 3.12. The zero-order valence-corrected chi connectivity index (χ0v) is 10.3. The third-order valence-corrected chi connectivity index (χ3v) is 3.12. The van der Waals surface area contributed by atoms with Crippen LogP contribution in [0.3, 0.4) is 0 Å². The van der Waals surface area contributed by atoms with Gasteiger partial charge < -0.3 is 5.32 Å². The van der Waals surface area contributed by atoms with Crippen LogP contribution in [0, 0.1) is 0 Å². The molecule has 1 N–H and O–H groups in total. The molecule has 0 aliphatic carbocycles. The van der Waals surface area contributed by atoms with E-state index in [4.69, 9.17) is 0 Å². The molecule has 0 spiro atoms. The molecule has 0 bridgehead atoms. The third kappa shape index (κ3) is 2.41. The summed E-state index contributed by atoms with van der Waals surface area (Å²) in [6.07, 6.45) is 1.65. The molecule has 1 aromatic rings. The van der Waals surface area contributed by atoms with Gasteiger partial charge in [0.25, 0.3) is 0 Å². The van der Waals surface area contributed by atoms with Crippen molar-refractivity contribution in [3.63, 3.8) is 0 Å². The molecule has 1 aromatic heterocycles. The van der Waals surface area contributed by atoms with Gasteiger partial charge in [-0.05, 0) is 20.8 Å². The molecule has 1 aliphatic rings. The van der Waals surface area contributed by atoms with Gasteiger partial charge in [0, 0.05) is 31.7 Å². The Morgan fingerprint density at radius 1 is 1.56 bits per heavy atom. The van der Waals surface area contributed by atoms with Crippen LogP contribution in [-0.2, 0) is 6.54 Å². The van der Waals surface area contributed by atoms with Gasteiger partial charge in [-0.3, -0.25) is 4.90 Å². The molecule has 2 rings (SSSR count). The van der Waals surface area contributed by atoms with Crippen molar-refractivity contribution in [2.24, 2.45) is 0 Å². The highest BCUT2D eigenvalue weighted by atomic mass is 15.4. The van der Waals surface area contributed by atoms with Crippen molar-refractivity contribution in [1.82, 2.24) is 25.0 Å². The molecule has 1 saturated heterocycles. The molecule has 1 fully saturated rings. The minimum atomic E-state index is 0.385. The highest BCUT2D eigenvalue weighted by Crippen LogP contribution is 2.11. The number of hydrogen-bond acceptors (Lipinski definition) is 4. The zero-order valence-electron chi connectivity index (χ0n) is 10.3. The largest absolute Gasteiger partial charge is 0.314 e. The Bertz CT molecular complexity index is 333. The molecule has 5 heteroatoms. The van der Waals surface area contributed by atoms with Crippen LogP contribution < -0.4 is 5.32 Å². The van der Waals surface area contributed by atoms with Crippen LogP contribution >= 0.6 is 0 Å². The number of nitrogens with one attached hydrogen (secondary N) is 1. The van der Waals surface area contributed by atoms with E-state index in [0.717, 1.165) is 32.0 Å². The Balaban J connectivity index is 2.04. The Labute approximate surface area is 96.8 Å². The predicted octanol–water partition coefficient (Wildman–Crippen LogP) is 0.653. The molecular weight excluding hydrogens is 202 g/mol. The standard InChI is InChI=1S/C11H21N5/c1-9(2)16-11(13-8-14-16)7-15-5-4-12-6-10(15)3/h8-10,12H,4-7H2,1-3H3/t10-/m0/s1. The van der Waals surface area contributed by atoms with Crippen molar-refractivity contribution >= 4 is 0 Å². The van der Waals surface area contributed by atoms with Crippen molar-refractivity contribution < 1.29 is 0 Å². The monoisotopic (exact) mass is 223 g/mol. The summed E-state index contributed by atoms with van der Waals surface area (Å²) in [5.41, 5.74) is 0. The first-order chi connectivity index (χ1) is 7.68. The van der Waals surface area contributed by atoms with Gasteiger partial charge in [-0.25, -0.2) is 9.67 Å². The number of nitrogens with zero attached hydrogens (tertiary/aromatic N) is 4. The van der Waals surface area contributed by atoms with Crippen LogP contribution in [-0.4, -0.2) is 45.3 Å². The van der Waals surface area contributed by atoms with Gasteiger partial charge in [0.15, 0.2) is 0 Å². The normalized spacial score (nSPS) is 22.9. The molecule has 16 heavy (non-hydrogen) atoms. The van der Waals surface area contributed by atoms with Gasteiger partial charge in [-0.1, -0.05) is 0 Å². The lowest BCUT2D eigenvalue weighted by molar-refractivity contribution is 0.158. The number of hydrogen-bond donors (Lipinski definition) is 1. The summed E-state index contributed by atoms with van der Waals surface area (Å²) in [6.45, 7) is 10.7. The van der Waals surface area contributed by atoms with Crippen molar-refractivity contribution in [3.8, 4) is 0 Å². The lowest BCUT2D eigenvalue weighted by atomic mass is 10.2. The molecule has 1 atom stereocenters. The SMILES string of the molecule is CC(C)n1ncnc1CN1CCNC[C@@H]1C. The summed E-state index contributed by atoms with van der Waals surface area (Å²) in [7, 11) is 0. The van der Waals surface area contributed by atoms with E-state index in [9.17, 15) is 0 Å². The fraction of sp³-hybridized carbons (Fsp3) is 0.818. The number of rotatable bonds is 3. The fourth-order valence-corrected chi connectivity index (χ4v) is 2.12. The maximum Gasteiger partial charge on any atom is 0.141 e. The van der Waals surface area contributed by atoms with Gasteiger partial charge in [-0.2, -0.15) is 5.10 Å². The number of aromatic nitrogens is 3. The molecule has 5 nitrogen and oxygen atoms in total. The van der Waals surface area contributed by atoms with Crippen LogP contribution in [0.1, 0.15) is 32.6 Å². The van der Waals surface area contributed by atoms with Gasteiger partial charge in [0.05, 0.1) is 6.54 Å². The van der Waals surface area contributed by atoms with Gasteiger partial charge >= 0.3 is 0 Å². The second kappa shape index (κ2) is 4.93. The van der Waals surface area contributed by atoms with E-state index in [2.05, 4.69) is 41.1 Å². The average molecular weight is 223 g/mol. The number of piperazine rings is 1. The molecule has 0 aromatic carbocycles. The van der Waals surface area contributed by atoms with E-state index < -0.39 is 0 Å². The summed E-state index contributed by atoms with van der Waals surface area (Å²) >= 11 is 0. The minimum absolute atomic E-state index is 0.385. The first kappa shape index (κ1) is 11.5. The van der Waals surface area contributed by atoms with Crippen LogP contribution in [0.4, 0.5) is 0 Å². The first-order valence-electron chi connectivity index (χ1n) is 6.01. The van der Waals surface area contributed by atoms with Gasteiger partial charge in [-0.15, -0.1) is 0 Å². The molecular formula is C11H21N5. The fourth-order valence-electron chi connectivity index (χ4n) is 2.12. The maximum atomic E-state index is 4.36. The molecule has 0 unspecified atom stereocenters. The van der Waals surface area contributed by atoms with Gasteiger partial charge in [0.1, 0.15) is 12.2 Å². The van der Waals surface area contributed by atoms with Gasteiger partial charge in [0.2, 0.25) is 0 Å². The molecule has 0 radical (unpaired) electrons. The second-order valence-corrected chi connectivity index (χ2v) is 4.74. The van der Waals surface area contributed by atoms with E-state index in [1.165, 1.54) is 0 Å². The van der Waals surface area contributed by atoms with E-state index in [1.54, 1.807) is 6.33 Å². The van der Waals surface area contributed by atoms with Crippen LogP contribution in [0.2, 0.25) is 0 Å². The van der Waals surface area contributed by atoms with Crippen LogP contribution in [0.5, 0.6) is 0 Å². The van der Waals surface area contributed by atoms with Crippen molar-refractivity contribution in [1.29, 1.82) is 0 Å². The highest BCUT2D eigenvalue weighted by molar-refractivity contribution is 4.89. The minimum Gasteiger partial charge on any atom is -0.314 e. The summed E-state index contributed by atoms with van der Waals surface area (Å²) < 4.78 is 2.01. The Hall–Kier alpha value is -0.940. The summed E-state index contributed by atoms with van der Waals surface area (Å²) in [5.74, 6) is 1.07. The Morgan fingerprint density at radius 3 is 3.06 bits per heavy atom. The van der Waals surface area contributed by atoms with Crippen molar-refractivity contribution in [2.45, 2.75) is 39.4 Å². The van der Waals surface area contributed by atoms with Crippen LogP contribution in [0.25, 0.3) is 0 Å². The zero-order chi connectivity index (χ0) is 11.5. The van der Waals surface area contributed by atoms with Crippen molar-refractivity contribution in [3.05, 3.63) is 12.2 Å². The summed E-state index contributed by atoms with van der Waals surface area (Å²) in [6, 6.07) is 0.960. The molecule has 0 saturated carbocycles. The topological polar surface area (TPSA) is 46.0 Å². The van der Waals surface area contributed by atoms with E-state index in [1.807, 2.05) is 4.68 Å². The average Bonchev–Trinajstić information content (AvgIpc) is 2.69. The second-order valence-electron chi connectivity index (χ2n) is 4.74. The predicted molar refractivity (Wildman–Crippen MR) is 63.1 cm³/mol. The molecule has 2 heterocycles. The van der Waals surface area contributed by atoms with E-state index >= 15 is 0 Å². The van der Waals surface area contributed by atoms with E-state index in [0.29, 0.717) is 12.1 Å². The van der Waals surface area contributed by atoms with Crippen LogP contribution in [0.15, 0.2) is 6.33 Å². The quantitative estimate of drug-likeness (QED) is 0.817. The summed E-state index contributed by atoms with van der Waals surface area (Å²) in [4.78, 5) is 6.81. The van der Waals surface area contributed by atoms with E-state index in [-0.39, 0.29) is 0 Å². The maximum absolute atomic E-state index is 4.36. The Kier molecular flexibility index (Phi) is 3.56. The Morgan fingerprint density at radius 2 is 2.38 bits per heavy atom.